The average Bonchev–Trinajstić information content (AvgIpc) is 3.28. The predicted molar refractivity (Wildman–Crippen MR) is 133 cm³/mol. The highest BCUT2D eigenvalue weighted by Gasteiger charge is 2.19. The Morgan fingerprint density at radius 3 is 2.63 bits per heavy atom. The first kappa shape index (κ1) is 24.0. The van der Waals surface area contributed by atoms with E-state index >= 15 is 0 Å². The van der Waals surface area contributed by atoms with Crippen molar-refractivity contribution >= 4 is 17.4 Å². The molecule has 2 aromatic heterocycles. The van der Waals surface area contributed by atoms with Crippen molar-refractivity contribution in [3.05, 3.63) is 88.2 Å². The van der Waals surface area contributed by atoms with Gasteiger partial charge in [0.15, 0.2) is 0 Å². The topological polar surface area (TPSA) is 123 Å². The number of hydrogen-bond acceptors (Lipinski definition) is 7. The summed E-state index contributed by atoms with van der Waals surface area (Å²) in [5.41, 5.74) is 9.43. The molecular weight excluding hydrogens is 444 g/mol. The molecular formula is C26H28N6O3. The van der Waals surface area contributed by atoms with Gasteiger partial charge in [0, 0.05) is 62.2 Å². The second kappa shape index (κ2) is 10.9. The molecule has 3 N–H and O–H groups in total. The Bertz CT molecular complexity index is 1310. The van der Waals surface area contributed by atoms with Crippen LogP contribution in [0.3, 0.4) is 0 Å². The van der Waals surface area contributed by atoms with Crippen molar-refractivity contribution in [1.82, 2.24) is 24.8 Å². The number of rotatable bonds is 9. The van der Waals surface area contributed by atoms with Gasteiger partial charge in [-0.15, -0.1) is 0 Å². The maximum atomic E-state index is 12.8. The largest absolute Gasteiger partial charge is 0.398 e. The van der Waals surface area contributed by atoms with E-state index < -0.39 is 0 Å². The quantitative estimate of drug-likeness (QED) is 0.360. The Kier molecular flexibility index (Phi) is 7.47. The number of ketones is 1. The summed E-state index contributed by atoms with van der Waals surface area (Å²) in [6.45, 7) is 2.33. The Hall–Kier alpha value is -4.11. The van der Waals surface area contributed by atoms with Crippen molar-refractivity contribution in [2.24, 2.45) is 5.73 Å². The minimum atomic E-state index is -0.364. The van der Waals surface area contributed by atoms with Crippen LogP contribution in [0, 0.1) is 0 Å². The molecule has 1 saturated heterocycles. The molecule has 35 heavy (non-hydrogen) atoms. The SMILES string of the molecule is CNCc1ccc(C(N)=CC(=O)c2cncc(-c3ccc(=O)n(CCN4CCCC4=O)c3)n2)cc1. The number of nitrogens with zero attached hydrogens (tertiary/aromatic N) is 4. The molecule has 3 heterocycles. The van der Waals surface area contributed by atoms with E-state index in [-0.39, 0.29) is 22.9 Å². The lowest BCUT2D eigenvalue weighted by Gasteiger charge is -2.16. The highest BCUT2D eigenvalue weighted by Crippen LogP contribution is 2.17. The minimum Gasteiger partial charge on any atom is -0.398 e. The monoisotopic (exact) mass is 472 g/mol. The normalized spacial score (nSPS) is 13.9. The summed E-state index contributed by atoms with van der Waals surface area (Å²) in [6.07, 6.45) is 7.36. The van der Waals surface area contributed by atoms with Gasteiger partial charge in [0.25, 0.3) is 5.56 Å². The van der Waals surface area contributed by atoms with Crippen molar-refractivity contribution in [3.63, 3.8) is 0 Å². The van der Waals surface area contributed by atoms with E-state index in [1.54, 1.807) is 27.9 Å². The van der Waals surface area contributed by atoms with Crippen LogP contribution in [0.15, 0.2) is 65.9 Å². The molecule has 9 heteroatoms. The van der Waals surface area contributed by atoms with E-state index in [2.05, 4.69) is 15.3 Å². The number of nitrogens with one attached hydrogen (secondary N) is 1. The van der Waals surface area contributed by atoms with Gasteiger partial charge in [0.1, 0.15) is 5.69 Å². The van der Waals surface area contributed by atoms with Gasteiger partial charge in [0.2, 0.25) is 11.7 Å². The molecule has 1 aliphatic rings. The summed E-state index contributed by atoms with van der Waals surface area (Å²) in [4.78, 5) is 47.4. The number of nitrogens with two attached hydrogens (primary N) is 1. The summed E-state index contributed by atoms with van der Waals surface area (Å²) < 4.78 is 1.55. The first-order valence-corrected chi connectivity index (χ1v) is 11.5. The molecule has 0 aliphatic carbocycles. The molecule has 0 bridgehead atoms. The smallest absolute Gasteiger partial charge is 0.250 e. The average molecular weight is 473 g/mol. The van der Waals surface area contributed by atoms with E-state index in [0.717, 1.165) is 30.6 Å². The number of carbonyl (C=O) groups excluding carboxylic acids is 2. The molecule has 0 atom stereocenters. The molecule has 1 aromatic carbocycles. The molecule has 180 valence electrons. The van der Waals surface area contributed by atoms with Crippen LogP contribution < -0.4 is 16.6 Å². The first-order chi connectivity index (χ1) is 16.9. The summed E-state index contributed by atoms with van der Waals surface area (Å²) in [5.74, 6) is -0.246. The van der Waals surface area contributed by atoms with Gasteiger partial charge in [-0.25, -0.2) is 4.98 Å². The summed E-state index contributed by atoms with van der Waals surface area (Å²) in [6, 6.07) is 10.7. The zero-order valence-corrected chi connectivity index (χ0v) is 19.6. The van der Waals surface area contributed by atoms with Gasteiger partial charge in [-0.2, -0.15) is 0 Å². The van der Waals surface area contributed by atoms with Gasteiger partial charge < -0.3 is 20.5 Å². The molecule has 1 amide bonds. The van der Waals surface area contributed by atoms with Crippen LogP contribution >= 0.6 is 0 Å². The van der Waals surface area contributed by atoms with Crippen molar-refractivity contribution in [3.8, 4) is 11.3 Å². The first-order valence-electron chi connectivity index (χ1n) is 11.5. The second-order valence-electron chi connectivity index (χ2n) is 8.41. The van der Waals surface area contributed by atoms with Crippen LogP contribution in [0.4, 0.5) is 0 Å². The molecule has 1 fully saturated rings. The number of amides is 1. The van der Waals surface area contributed by atoms with Gasteiger partial charge in [-0.3, -0.25) is 19.4 Å². The van der Waals surface area contributed by atoms with Crippen LogP contribution in [0.1, 0.15) is 34.5 Å². The fourth-order valence-corrected chi connectivity index (χ4v) is 3.97. The Balaban J connectivity index is 1.51. The van der Waals surface area contributed by atoms with Crippen LogP contribution in [0.5, 0.6) is 0 Å². The van der Waals surface area contributed by atoms with Crippen LogP contribution in [-0.4, -0.2) is 51.3 Å². The van der Waals surface area contributed by atoms with Crippen molar-refractivity contribution in [1.29, 1.82) is 0 Å². The van der Waals surface area contributed by atoms with Crippen molar-refractivity contribution in [2.75, 3.05) is 20.1 Å². The van der Waals surface area contributed by atoms with E-state index in [1.807, 2.05) is 31.3 Å². The number of aromatic nitrogens is 3. The maximum absolute atomic E-state index is 12.8. The van der Waals surface area contributed by atoms with E-state index in [9.17, 15) is 14.4 Å². The third kappa shape index (κ3) is 5.88. The number of hydrogen-bond donors (Lipinski definition) is 2. The Morgan fingerprint density at radius 1 is 1.11 bits per heavy atom. The van der Waals surface area contributed by atoms with Crippen LogP contribution in [0.2, 0.25) is 0 Å². The van der Waals surface area contributed by atoms with Gasteiger partial charge >= 0.3 is 0 Å². The summed E-state index contributed by atoms with van der Waals surface area (Å²) >= 11 is 0. The lowest BCUT2D eigenvalue weighted by molar-refractivity contribution is -0.127. The van der Waals surface area contributed by atoms with Crippen LogP contribution in [-0.2, 0) is 17.9 Å². The number of allylic oxidation sites excluding steroid dienone is 1. The minimum absolute atomic E-state index is 0.118. The second-order valence-corrected chi connectivity index (χ2v) is 8.41. The lowest BCUT2D eigenvalue weighted by atomic mass is 10.1. The maximum Gasteiger partial charge on any atom is 0.250 e. The summed E-state index contributed by atoms with van der Waals surface area (Å²) in [5, 5.41) is 3.08. The Morgan fingerprint density at radius 2 is 1.91 bits per heavy atom. The standard InChI is InChI=1S/C26H28N6O3/c1-28-14-18-4-6-19(7-5-18)21(27)13-24(33)23-16-29-15-22(30-23)20-8-9-26(35)32(17-20)12-11-31-10-2-3-25(31)34/h4-9,13,15-17,28H,2-3,10-12,14,27H2,1H3. The van der Waals surface area contributed by atoms with Gasteiger partial charge in [-0.05, 0) is 30.7 Å². The third-order valence-electron chi connectivity index (χ3n) is 5.90. The molecule has 0 spiro atoms. The van der Waals surface area contributed by atoms with E-state index in [1.165, 1.54) is 18.3 Å². The molecule has 0 radical (unpaired) electrons. The molecule has 9 nitrogen and oxygen atoms in total. The number of benzene rings is 1. The zero-order valence-electron chi connectivity index (χ0n) is 19.6. The molecule has 0 saturated carbocycles. The molecule has 0 unspecified atom stereocenters. The highest BCUT2D eigenvalue weighted by atomic mass is 16.2. The lowest BCUT2D eigenvalue weighted by Crippen LogP contribution is -2.31. The zero-order chi connectivity index (χ0) is 24.8. The fourth-order valence-electron chi connectivity index (χ4n) is 3.97. The Labute approximate surface area is 203 Å². The van der Waals surface area contributed by atoms with Crippen molar-refractivity contribution < 1.29 is 9.59 Å². The highest BCUT2D eigenvalue weighted by molar-refractivity contribution is 6.07. The van der Waals surface area contributed by atoms with Crippen molar-refractivity contribution in [2.45, 2.75) is 25.9 Å². The summed E-state index contributed by atoms with van der Waals surface area (Å²) in [7, 11) is 1.88. The predicted octanol–water partition coefficient (Wildman–Crippen LogP) is 1.83. The van der Waals surface area contributed by atoms with Gasteiger partial charge in [0.05, 0.1) is 18.1 Å². The van der Waals surface area contributed by atoms with Gasteiger partial charge in [-0.1, -0.05) is 24.3 Å². The third-order valence-corrected chi connectivity index (χ3v) is 5.90. The number of pyridine rings is 1. The number of carbonyl (C=O) groups is 2. The number of likely N-dealkylation sites (tertiary alicyclic amines) is 1. The molecule has 4 rings (SSSR count). The van der Waals surface area contributed by atoms with E-state index in [4.69, 9.17) is 5.73 Å². The van der Waals surface area contributed by atoms with E-state index in [0.29, 0.717) is 36.5 Å². The molecule has 1 aliphatic heterocycles. The fraction of sp³-hybridized carbons (Fsp3) is 0.269. The van der Waals surface area contributed by atoms with Crippen LogP contribution in [0.25, 0.3) is 17.0 Å². The molecule has 3 aromatic rings.